The zero-order chi connectivity index (χ0) is 16.9. The van der Waals surface area contributed by atoms with Gasteiger partial charge in [0.25, 0.3) is 0 Å². The van der Waals surface area contributed by atoms with E-state index in [4.69, 9.17) is 0 Å². The maximum atomic E-state index is 11.9. The third kappa shape index (κ3) is 3.54. The SMILES string of the molecule is CCc1cccc([C@H](C(=O)O)N2CCN(c3cnccn3)CC2)c1. The van der Waals surface area contributed by atoms with Crippen molar-refractivity contribution in [1.29, 1.82) is 0 Å². The molecular formula is C18H22N4O2. The molecular weight excluding hydrogens is 304 g/mol. The van der Waals surface area contributed by atoms with E-state index in [1.807, 2.05) is 29.2 Å². The number of aromatic nitrogens is 2. The third-order valence-corrected chi connectivity index (χ3v) is 4.46. The molecule has 0 spiro atoms. The second-order valence-corrected chi connectivity index (χ2v) is 5.93. The lowest BCUT2D eigenvalue weighted by molar-refractivity contribution is -0.143. The Morgan fingerprint density at radius 1 is 1.25 bits per heavy atom. The van der Waals surface area contributed by atoms with Crippen molar-refractivity contribution in [3.05, 3.63) is 54.0 Å². The zero-order valence-corrected chi connectivity index (χ0v) is 13.8. The van der Waals surface area contributed by atoms with E-state index < -0.39 is 12.0 Å². The van der Waals surface area contributed by atoms with Gasteiger partial charge in [0.05, 0.1) is 6.20 Å². The number of anilines is 1. The van der Waals surface area contributed by atoms with E-state index in [1.165, 1.54) is 0 Å². The fraction of sp³-hybridized carbons (Fsp3) is 0.389. The maximum Gasteiger partial charge on any atom is 0.325 e. The largest absolute Gasteiger partial charge is 0.480 e. The second-order valence-electron chi connectivity index (χ2n) is 5.93. The van der Waals surface area contributed by atoms with Crippen molar-refractivity contribution in [3.63, 3.8) is 0 Å². The van der Waals surface area contributed by atoms with Gasteiger partial charge in [-0.05, 0) is 17.5 Å². The lowest BCUT2D eigenvalue weighted by atomic mass is 10.0. The van der Waals surface area contributed by atoms with Crippen LogP contribution in [0.5, 0.6) is 0 Å². The van der Waals surface area contributed by atoms with Gasteiger partial charge in [0, 0.05) is 38.6 Å². The highest BCUT2D eigenvalue weighted by molar-refractivity contribution is 5.75. The molecule has 1 aromatic heterocycles. The van der Waals surface area contributed by atoms with Crippen LogP contribution in [0, 0.1) is 0 Å². The summed E-state index contributed by atoms with van der Waals surface area (Å²) < 4.78 is 0. The molecule has 0 unspecified atom stereocenters. The van der Waals surface area contributed by atoms with Gasteiger partial charge in [-0.3, -0.25) is 14.7 Å². The minimum Gasteiger partial charge on any atom is -0.480 e. The van der Waals surface area contributed by atoms with E-state index in [1.54, 1.807) is 18.6 Å². The van der Waals surface area contributed by atoms with Crippen LogP contribution in [0.4, 0.5) is 5.82 Å². The summed E-state index contributed by atoms with van der Waals surface area (Å²) in [5.74, 6) is 0.0493. The fourth-order valence-electron chi connectivity index (χ4n) is 3.16. The Hall–Kier alpha value is -2.47. The lowest BCUT2D eigenvalue weighted by Crippen LogP contribution is -2.49. The van der Waals surface area contributed by atoms with Crippen LogP contribution < -0.4 is 4.90 Å². The number of hydrogen-bond donors (Lipinski definition) is 1. The molecule has 3 rings (SSSR count). The van der Waals surface area contributed by atoms with E-state index in [2.05, 4.69) is 21.8 Å². The number of aryl methyl sites for hydroxylation is 1. The molecule has 1 aromatic carbocycles. The maximum absolute atomic E-state index is 11.9. The molecule has 1 N–H and O–H groups in total. The quantitative estimate of drug-likeness (QED) is 0.906. The molecule has 6 heteroatoms. The van der Waals surface area contributed by atoms with E-state index in [0.717, 1.165) is 36.5 Å². The molecule has 1 saturated heterocycles. The van der Waals surface area contributed by atoms with Gasteiger partial charge < -0.3 is 10.0 Å². The Morgan fingerprint density at radius 3 is 2.67 bits per heavy atom. The van der Waals surface area contributed by atoms with E-state index in [0.29, 0.717) is 13.1 Å². The Labute approximate surface area is 141 Å². The standard InChI is InChI=1S/C18H22N4O2/c1-2-14-4-3-5-15(12-14)17(18(23)24)22-10-8-21(9-11-22)16-13-19-6-7-20-16/h3-7,12-13,17H,2,8-11H2,1H3,(H,23,24)/t17-/m1/s1. The Balaban J connectivity index is 1.73. The lowest BCUT2D eigenvalue weighted by Gasteiger charge is -2.38. The molecule has 1 aliphatic rings. The molecule has 1 aliphatic heterocycles. The normalized spacial score (nSPS) is 16.8. The molecule has 0 saturated carbocycles. The van der Waals surface area contributed by atoms with E-state index >= 15 is 0 Å². The first-order valence-electron chi connectivity index (χ1n) is 8.25. The zero-order valence-electron chi connectivity index (χ0n) is 13.8. The summed E-state index contributed by atoms with van der Waals surface area (Å²) >= 11 is 0. The predicted octanol–water partition coefficient (Wildman–Crippen LogP) is 1.99. The van der Waals surface area contributed by atoms with Crippen LogP contribution in [0.3, 0.4) is 0 Å². The summed E-state index contributed by atoms with van der Waals surface area (Å²) in [5.41, 5.74) is 2.02. The van der Waals surface area contributed by atoms with Crippen molar-refractivity contribution in [2.24, 2.45) is 0 Å². The van der Waals surface area contributed by atoms with Gasteiger partial charge in [0.1, 0.15) is 11.9 Å². The summed E-state index contributed by atoms with van der Waals surface area (Å²) in [6.07, 6.45) is 5.98. The van der Waals surface area contributed by atoms with Gasteiger partial charge >= 0.3 is 5.97 Å². The number of rotatable bonds is 5. The Kier molecular flexibility index (Phi) is 5.05. The van der Waals surface area contributed by atoms with Gasteiger partial charge in [-0.15, -0.1) is 0 Å². The molecule has 0 bridgehead atoms. The monoisotopic (exact) mass is 326 g/mol. The third-order valence-electron chi connectivity index (χ3n) is 4.46. The highest BCUT2D eigenvalue weighted by Crippen LogP contribution is 2.24. The second kappa shape index (κ2) is 7.40. The van der Waals surface area contributed by atoms with Crippen molar-refractivity contribution in [1.82, 2.24) is 14.9 Å². The highest BCUT2D eigenvalue weighted by Gasteiger charge is 2.30. The number of benzene rings is 1. The predicted molar refractivity (Wildman–Crippen MR) is 92.0 cm³/mol. The minimum absolute atomic E-state index is 0.597. The number of aliphatic carboxylic acids is 1. The van der Waals surface area contributed by atoms with Crippen LogP contribution in [-0.2, 0) is 11.2 Å². The molecule has 2 aromatic rings. The molecule has 0 aliphatic carbocycles. The summed E-state index contributed by atoms with van der Waals surface area (Å²) in [7, 11) is 0. The molecule has 1 fully saturated rings. The molecule has 2 heterocycles. The first kappa shape index (κ1) is 16.4. The highest BCUT2D eigenvalue weighted by atomic mass is 16.4. The first-order valence-corrected chi connectivity index (χ1v) is 8.25. The molecule has 1 atom stereocenters. The molecule has 0 amide bonds. The van der Waals surface area contributed by atoms with E-state index in [-0.39, 0.29) is 0 Å². The minimum atomic E-state index is -0.795. The van der Waals surface area contributed by atoms with Crippen molar-refractivity contribution in [2.45, 2.75) is 19.4 Å². The van der Waals surface area contributed by atoms with Crippen LogP contribution in [0.2, 0.25) is 0 Å². The van der Waals surface area contributed by atoms with Gasteiger partial charge in [0.2, 0.25) is 0 Å². The van der Waals surface area contributed by atoms with Gasteiger partial charge in [0.15, 0.2) is 0 Å². The number of hydrogen-bond acceptors (Lipinski definition) is 5. The van der Waals surface area contributed by atoms with Crippen LogP contribution in [-0.4, -0.2) is 52.1 Å². The topological polar surface area (TPSA) is 69.6 Å². The smallest absolute Gasteiger partial charge is 0.325 e. The van der Waals surface area contributed by atoms with Crippen molar-refractivity contribution < 1.29 is 9.90 Å². The van der Waals surface area contributed by atoms with E-state index in [9.17, 15) is 9.90 Å². The van der Waals surface area contributed by atoms with Crippen LogP contribution in [0.15, 0.2) is 42.9 Å². The van der Waals surface area contributed by atoms with Crippen molar-refractivity contribution >= 4 is 11.8 Å². The average molecular weight is 326 g/mol. The van der Waals surface area contributed by atoms with Crippen LogP contribution >= 0.6 is 0 Å². The molecule has 6 nitrogen and oxygen atoms in total. The Bertz CT molecular complexity index is 684. The van der Waals surface area contributed by atoms with Gasteiger partial charge in [-0.2, -0.15) is 0 Å². The van der Waals surface area contributed by atoms with Gasteiger partial charge in [-0.1, -0.05) is 31.2 Å². The van der Waals surface area contributed by atoms with Crippen molar-refractivity contribution in [3.8, 4) is 0 Å². The van der Waals surface area contributed by atoms with Crippen molar-refractivity contribution in [2.75, 3.05) is 31.1 Å². The summed E-state index contributed by atoms with van der Waals surface area (Å²) in [6.45, 7) is 4.94. The van der Waals surface area contributed by atoms with Crippen LogP contribution in [0.25, 0.3) is 0 Å². The van der Waals surface area contributed by atoms with Crippen LogP contribution in [0.1, 0.15) is 24.1 Å². The summed E-state index contributed by atoms with van der Waals surface area (Å²) in [4.78, 5) is 24.5. The number of carboxylic acid groups (broad SMARTS) is 1. The molecule has 0 radical (unpaired) electrons. The summed E-state index contributed by atoms with van der Waals surface area (Å²) in [5, 5.41) is 9.75. The first-order chi connectivity index (χ1) is 11.7. The Morgan fingerprint density at radius 2 is 2.04 bits per heavy atom. The number of piperazine rings is 1. The number of carbonyl (C=O) groups is 1. The van der Waals surface area contributed by atoms with Gasteiger partial charge in [-0.25, -0.2) is 4.98 Å². The molecule has 24 heavy (non-hydrogen) atoms. The number of nitrogens with zero attached hydrogens (tertiary/aromatic N) is 4. The average Bonchev–Trinajstić information content (AvgIpc) is 2.63. The number of carboxylic acids is 1. The summed E-state index contributed by atoms with van der Waals surface area (Å²) in [6, 6.07) is 7.30. The molecule has 126 valence electrons. The fourth-order valence-corrected chi connectivity index (χ4v) is 3.16.